The molecule has 0 saturated carbocycles. The van der Waals surface area contributed by atoms with Crippen LogP contribution in [-0.2, 0) is 10.3 Å². The molecule has 8 heteroatoms. The molecule has 2 heterocycles. The smallest absolute Gasteiger partial charge is 0.331 e. The van der Waals surface area contributed by atoms with Crippen LogP contribution in [0.15, 0.2) is 9.85 Å². The quantitative estimate of drug-likeness (QED) is 0.921. The van der Waals surface area contributed by atoms with E-state index in [1.165, 1.54) is 16.0 Å². The second-order valence-corrected chi connectivity index (χ2v) is 6.78. The molecule has 0 radical (unpaired) electrons. The molecule has 0 saturated heterocycles. The molecule has 2 aromatic rings. The predicted octanol–water partition coefficient (Wildman–Crippen LogP) is 2.68. The van der Waals surface area contributed by atoms with E-state index in [9.17, 15) is 9.90 Å². The van der Waals surface area contributed by atoms with Crippen molar-refractivity contribution in [2.45, 2.75) is 32.7 Å². The third-order valence-corrected chi connectivity index (χ3v) is 5.30. The Balaban J connectivity index is 2.57. The van der Waals surface area contributed by atoms with Gasteiger partial charge in [0, 0.05) is 0 Å². The van der Waals surface area contributed by atoms with E-state index in [4.69, 9.17) is 0 Å². The number of carboxylic acids is 1. The summed E-state index contributed by atoms with van der Waals surface area (Å²) in [4.78, 5) is 12.3. The number of hydrogen-bond donors (Lipinski definition) is 1. The van der Waals surface area contributed by atoms with Crippen molar-refractivity contribution in [3.63, 3.8) is 0 Å². The van der Waals surface area contributed by atoms with Crippen LogP contribution in [0, 0.1) is 6.92 Å². The van der Waals surface area contributed by atoms with E-state index in [0.29, 0.717) is 12.2 Å². The molecule has 1 atom stereocenters. The van der Waals surface area contributed by atoms with Gasteiger partial charge in [-0.1, -0.05) is 6.92 Å². The van der Waals surface area contributed by atoms with Crippen molar-refractivity contribution in [3.8, 4) is 10.7 Å². The lowest BCUT2D eigenvalue weighted by Gasteiger charge is -2.23. The Morgan fingerprint density at radius 2 is 2.32 bits per heavy atom. The van der Waals surface area contributed by atoms with Gasteiger partial charge in [0.25, 0.3) is 0 Å². The normalized spacial score (nSPS) is 14.3. The van der Waals surface area contributed by atoms with Crippen LogP contribution >= 0.6 is 27.3 Å². The Hall–Kier alpha value is -1.28. The Bertz CT molecular complexity index is 604. The second-order valence-electron chi connectivity index (χ2n) is 4.41. The highest BCUT2D eigenvalue weighted by Gasteiger charge is 2.37. The highest BCUT2D eigenvalue weighted by molar-refractivity contribution is 9.11. The van der Waals surface area contributed by atoms with Crippen LogP contribution in [0.4, 0.5) is 0 Å². The van der Waals surface area contributed by atoms with E-state index in [0.717, 1.165) is 14.2 Å². The molecular weight excluding hydrogens is 332 g/mol. The topological polar surface area (TPSA) is 80.9 Å². The van der Waals surface area contributed by atoms with Crippen LogP contribution in [0.25, 0.3) is 10.7 Å². The van der Waals surface area contributed by atoms with Gasteiger partial charge in [-0.3, -0.25) is 0 Å². The number of rotatable bonds is 4. The minimum absolute atomic E-state index is 0.395. The molecule has 0 aliphatic carbocycles. The molecule has 1 N–H and O–H groups in total. The fraction of sp³-hybridized carbons (Fsp3) is 0.455. The maximum atomic E-state index is 11.5. The zero-order chi connectivity index (χ0) is 14.2. The van der Waals surface area contributed by atoms with Gasteiger partial charge in [0.15, 0.2) is 11.4 Å². The van der Waals surface area contributed by atoms with Gasteiger partial charge < -0.3 is 5.11 Å². The Morgan fingerprint density at radius 1 is 1.63 bits per heavy atom. The lowest BCUT2D eigenvalue weighted by atomic mass is 9.99. The minimum atomic E-state index is -1.15. The first kappa shape index (κ1) is 14.1. The lowest BCUT2D eigenvalue weighted by Crippen LogP contribution is -2.39. The molecule has 0 aliphatic heterocycles. The first-order valence-corrected chi connectivity index (χ1v) is 7.29. The van der Waals surface area contributed by atoms with Gasteiger partial charge in [-0.2, -0.15) is 0 Å². The number of hydrogen-bond acceptors (Lipinski definition) is 5. The third kappa shape index (κ3) is 2.30. The van der Waals surface area contributed by atoms with Crippen LogP contribution in [0.2, 0.25) is 0 Å². The molecule has 0 amide bonds. The predicted molar refractivity (Wildman–Crippen MR) is 75.1 cm³/mol. The van der Waals surface area contributed by atoms with Crippen molar-refractivity contribution in [2.24, 2.45) is 0 Å². The first-order chi connectivity index (χ1) is 8.90. The highest BCUT2D eigenvalue weighted by atomic mass is 79.9. The summed E-state index contributed by atoms with van der Waals surface area (Å²) in [7, 11) is 0. The maximum absolute atomic E-state index is 11.5. The number of thiophene rings is 1. The fourth-order valence-corrected chi connectivity index (χ4v) is 3.14. The van der Waals surface area contributed by atoms with Crippen molar-refractivity contribution in [2.75, 3.05) is 0 Å². The molecule has 0 fully saturated rings. The summed E-state index contributed by atoms with van der Waals surface area (Å²) in [6.07, 6.45) is 0.395. The molecule has 0 aromatic carbocycles. The Labute approximate surface area is 122 Å². The molecule has 2 aromatic heterocycles. The SMILES string of the molecule is CCC(C)(C(=O)O)n1nnnc1-c1cc(C)c(Br)s1. The Morgan fingerprint density at radius 3 is 2.79 bits per heavy atom. The third-order valence-electron chi connectivity index (χ3n) is 3.16. The number of aromatic nitrogens is 4. The van der Waals surface area contributed by atoms with Crippen molar-refractivity contribution in [1.82, 2.24) is 20.2 Å². The summed E-state index contributed by atoms with van der Waals surface area (Å²) < 4.78 is 2.37. The molecule has 19 heavy (non-hydrogen) atoms. The molecule has 2 rings (SSSR count). The average Bonchev–Trinajstić information content (AvgIpc) is 2.96. The monoisotopic (exact) mass is 344 g/mol. The first-order valence-electron chi connectivity index (χ1n) is 5.68. The van der Waals surface area contributed by atoms with Gasteiger partial charge in [-0.15, -0.1) is 16.4 Å². The molecule has 0 aliphatic rings. The van der Waals surface area contributed by atoms with E-state index in [2.05, 4.69) is 31.5 Å². The zero-order valence-corrected chi connectivity index (χ0v) is 13.1. The summed E-state index contributed by atoms with van der Waals surface area (Å²) in [6.45, 7) is 5.38. The molecular formula is C11H13BrN4O2S. The van der Waals surface area contributed by atoms with Crippen LogP contribution in [0.1, 0.15) is 25.8 Å². The number of aliphatic carboxylic acids is 1. The summed E-state index contributed by atoms with van der Waals surface area (Å²) in [5, 5.41) is 20.9. The summed E-state index contributed by atoms with van der Waals surface area (Å²) in [5.41, 5.74) is -0.0773. The van der Waals surface area contributed by atoms with E-state index in [-0.39, 0.29) is 0 Å². The molecule has 6 nitrogen and oxygen atoms in total. The molecule has 102 valence electrons. The number of carbonyl (C=O) groups is 1. The highest BCUT2D eigenvalue weighted by Crippen LogP contribution is 2.35. The van der Waals surface area contributed by atoms with Crippen LogP contribution < -0.4 is 0 Å². The molecule has 0 bridgehead atoms. The number of tetrazole rings is 1. The van der Waals surface area contributed by atoms with Gasteiger partial charge in [0.05, 0.1) is 8.66 Å². The molecule has 0 spiro atoms. The van der Waals surface area contributed by atoms with Crippen molar-refractivity contribution < 1.29 is 9.90 Å². The average molecular weight is 345 g/mol. The van der Waals surface area contributed by atoms with Crippen LogP contribution in [-0.4, -0.2) is 31.3 Å². The number of halogens is 1. The van der Waals surface area contributed by atoms with Crippen LogP contribution in [0.5, 0.6) is 0 Å². The lowest BCUT2D eigenvalue weighted by molar-refractivity contribution is -0.147. The largest absolute Gasteiger partial charge is 0.479 e. The number of nitrogens with zero attached hydrogens (tertiary/aromatic N) is 4. The van der Waals surface area contributed by atoms with Gasteiger partial charge in [0.1, 0.15) is 0 Å². The Kier molecular flexibility index (Phi) is 3.73. The minimum Gasteiger partial charge on any atom is -0.479 e. The standard InChI is InChI=1S/C11H13BrN4O2S/c1-4-11(3,10(17)18)16-9(13-14-15-16)7-5-6(2)8(12)19-7/h5H,4H2,1-3H3,(H,17,18). The second kappa shape index (κ2) is 5.01. The van der Waals surface area contributed by atoms with Crippen molar-refractivity contribution >= 4 is 33.2 Å². The van der Waals surface area contributed by atoms with E-state index < -0.39 is 11.5 Å². The van der Waals surface area contributed by atoms with Gasteiger partial charge >= 0.3 is 5.97 Å². The summed E-state index contributed by atoms with van der Waals surface area (Å²) in [6, 6.07) is 1.94. The number of carboxylic acid groups (broad SMARTS) is 1. The maximum Gasteiger partial charge on any atom is 0.331 e. The fourth-order valence-electron chi connectivity index (χ4n) is 1.63. The van der Waals surface area contributed by atoms with E-state index in [1.807, 2.05) is 13.0 Å². The van der Waals surface area contributed by atoms with Gasteiger partial charge in [-0.25, -0.2) is 9.48 Å². The summed E-state index contributed by atoms with van der Waals surface area (Å²) >= 11 is 4.93. The molecule has 1 unspecified atom stereocenters. The van der Waals surface area contributed by atoms with Gasteiger partial charge in [-0.05, 0) is 58.3 Å². The summed E-state index contributed by atoms with van der Waals surface area (Å²) in [5.74, 6) is -0.471. The van der Waals surface area contributed by atoms with E-state index in [1.54, 1.807) is 13.8 Å². The van der Waals surface area contributed by atoms with Crippen molar-refractivity contribution in [3.05, 3.63) is 15.4 Å². The van der Waals surface area contributed by atoms with Gasteiger partial charge in [0.2, 0.25) is 0 Å². The zero-order valence-electron chi connectivity index (χ0n) is 10.7. The van der Waals surface area contributed by atoms with E-state index >= 15 is 0 Å². The van der Waals surface area contributed by atoms with Crippen LogP contribution in [0.3, 0.4) is 0 Å². The number of aryl methyl sites for hydroxylation is 1. The van der Waals surface area contributed by atoms with Crippen molar-refractivity contribution in [1.29, 1.82) is 0 Å².